The van der Waals surface area contributed by atoms with Crippen molar-refractivity contribution in [2.75, 3.05) is 17.2 Å². The van der Waals surface area contributed by atoms with Crippen LogP contribution >= 0.6 is 35.0 Å². The molecule has 0 unspecified atom stereocenters. The van der Waals surface area contributed by atoms with Gasteiger partial charge in [-0.25, -0.2) is 0 Å². The van der Waals surface area contributed by atoms with Crippen LogP contribution in [-0.2, 0) is 17.8 Å². The number of thioether (sulfide) groups is 1. The summed E-state index contributed by atoms with van der Waals surface area (Å²) in [7, 11) is 0. The van der Waals surface area contributed by atoms with Crippen LogP contribution in [0.15, 0.2) is 78.0 Å². The quantitative estimate of drug-likeness (QED) is 0.328. The number of carbonyl (C=O) groups is 2. The maximum atomic E-state index is 13.0. The molecule has 2 heterocycles. The van der Waals surface area contributed by atoms with Crippen molar-refractivity contribution in [2.24, 2.45) is 0 Å². The topological polar surface area (TPSA) is 80.1 Å². The van der Waals surface area contributed by atoms with Gasteiger partial charge >= 0.3 is 0 Å². The van der Waals surface area contributed by atoms with Crippen LogP contribution in [0, 0.1) is 0 Å². The number of nitrogens with one attached hydrogen (secondary N) is 1. The van der Waals surface area contributed by atoms with Crippen LogP contribution in [0.5, 0.6) is 0 Å². The standard InChI is InChI=1S/C26H21Cl2N5O2S/c27-18-10-11-21(28)20(14-18)25(35)29-15-23-30-31-26(33(23)19-7-2-1-3-8-19)36-16-24(34)32-13-12-17-6-4-5-9-22(17)32/h1-11,14H,12-13,15-16H2,(H,29,35). The summed E-state index contributed by atoms with van der Waals surface area (Å²) < 4.78 is 1.84. The molecule has 5 rings (SSSR count). The molecule has 7 nitrogen and oxygen atoms in total. The molecule has 0 aliphatic carbocycles. The molecular formula is C26H21Cl2N5O2S. The SMILES string of the molecule is O=C(NCc1nnc(SCC(=O)N2CCc3ccccc32)n1-c1ccccc1)c1cc(Cl)ccc1Cl. The molecule has 1 aliphatic rings. The highest BCUT2D eigenvalue weighted by Gasteiger charge is 2.25. The van der Waals surface area contributed by atoms with Crippen molar-refractivity contribution in [3.05, 3.63) is 99.8 Å². The molecule has 0 bridgehead atoms. The van der Waals surface area contributed by atoms with Crippen molar-refractivity contribution >= 4 is 52.5 Å². The Balaban J connectivity index is 1.34. The summed E-state index contributed by atoms with van der Waals surface area (Å²) in [5.74, 6) is 0.374. The zero-order chi connectivity index (χ0) is 25.1. The molecule has 3 aromatic carbocycles. The van der Waals surface area contributed by atoms with E-state index in [-0.39, 0.29) is 29.7 Å². The first-order valence-electron chi connectivity index (χ1n) is 11.3. The monoisotopic (exact) mass is 537 g/mol. The van der Waals surface area contributed by atoms with Crippen LogP contribution in [0.25, 0.3) is 5.69 Å². The predicted octanol–water partition coefficient (Wildman–Crippen LogP) is 5.19. The van der Waals surface area contributed by atoms with Crippen LogP contribution in [0.2, 0.25) is 10.0 Å². The summed E-state index contributed by atoms with van der Waals surface area (Å²) in [4.78, 5) is 27.6. The first kappa shape index (κ1) is 24.4. The van der Waals surface area contributed by atoms with E-state index >= 15 is 0 Å². The second kappa shape index (κ2) is 10.7. The number of anilines is 1. The van der Waals surface area contributed by atoms with Gasteiger partial charge in [0.2, 0.25) is 5.91 Å². The lowest BCUT2D eigenvalue weighted by Gasteiger charge is -2.17. The number of halogens is 2. The highest BCUT2D eigenvalue weighted by Crippen LogP contribution is 2.29. The number of hydrogen-bond acceptors (Lipinski definition) is 5. The average Bonchev–Trinajstić information content (AvgIpc) is 3.52. The van der Waals surface area contributed by atoms with Gasteiger partial charge in [-0.3, -0.25) is 14.2 Å². The highest BCUT2D eigenvalue weighted by atomic mass is 35.5. The Hall–Kier alpha value is -3.33. The first-order valence-corrected chi connectivity index (χ1v) is 13.0. The Kier molecular flexibility index (Phi) is 7.27. The van der Waals surface area contributed by atoms with Gasteiger partial charge in [-0.1, -0.05) is 71.4 Å². The highest BCUT2D eigenvalue weighted by molar-refractivity contribution is 7.99. The fraction of sp³-hybridized carbons (Fsp3) is 0.154. The average molecular weight is 538 g/mol. The largest absolute Gasteiger partial charge is 0.345 e. The Morgan fingerprint density at radius 1 is 0.972 bits per heavy atom. The lowest BCUT2D eigenvalue weighted by molar-refractivity contribution is -0.116. The Labute approximate surface area is 222 Å². The Morgan fingerprint density at radius 3 is 2.58 bits per heavy atom. The molecule has 2 amide bonds. The fourth-order valence-electron chi connectivity index (χ4n) is 4.07. The third kappa shape index (κ3) is 5.11. The maximum absolute atomic E-state index is 13.0. The smallest absolute Gasteiger partial charge is 0.253 e. The molecule has 0 fully saturated rings. The van der Waals surface area contributed by atoms with E-state index in [2.05, 4.69) is 21.6 Å². The normalized spacial score (nSPS) is 12.4. The van der Waals surface area contributed by atoms with Crippen molar-refractivity contribution in [2.45, 2.75) is 18.1 Å². The lowest BCUT2D eigenvalue weighted by Crippen LogP contribution is -2.30. The third-order valence-corrected chi connectivity index (χ3v) is 7.29. The van der Waals surface area contributed by atoms with Gasteiger partial charge in [-0.15, -0.1) is 10.2 Å². The second-order valence-corrected chi connectivity index (χ2v) is 9.88. The summed E-state index contributed by atoms with van der Waals surface area (Å²) in [6.07, 6.45) is 0.854. The molecule has 0 saturated carbocycles. The molecule has 182 valence electrons. The first-order chi connectivity index (χ1) is 17.5. The number of rotatable bonds is 7. The lowest BCUT2D eigenvalue weighted by atomic mass is 10.2. The summed E-state index contributed by atoms with van der Waals surface area (Å²) in [5.41, 5.74) is 3.26. The van der Waals surface area contributed by atoms with E-state index in [1.54, 1.807) is 12.1 Å². The minimum Gasteiger partial charge on any atom is -0.345 e. The van der Waals surface area contributed by atoms with Crippen LogP contribution in [-0.4, -0.2) is 38.9 Å². The van der Waals surface area contributed by atoms with Gasteiger partial charge in [-0.05, 0) is 48.4 Å². The van der Waals surface area contributed by atoms with Crippen LogP contribution in [0.1, 0.15) is 21.7 Å². The molecule has 0 atom stereocenters. The number of hydrogen-bond donors (Lipinski definition) is 1. The summed E-state index contributed by atoms with van der Waals surface area (Å²) in [6.45, 7) is 0.783. The van der Waals surface area contributed by atoms with E-state index in [0.717, 1.165) is 17.8 Å². The zero-order valence-corrected chi connectivity index (χ0v) is 21.4. The van der Waals surface area contributed by atoms with Gasteiger partial charge < -0.3 is 10.2 Å². The molecular weight excluding hydrogens is 517 g/mol. The molecule has 1 aliphatic heterocycles. The van der Waals surface area contributed by atoms with Gasteiger partial charge in [0.1, 0.15) is 0 Å². The molecule has 4 aromatic rings. The van der Waals surface area contributed by atoms with Gasteiger partial charge in [-0.2, -0.15) is 0 Å². The second-order valence-electron chi connectivity index (χ2n) is 8.09. The molecule has 0 radical (unpaired) electrons. The van der Waals surface area contributed by atoms with Gasteiger partial charge in [0.05, 0.1) is 22.9 Å². The van der Waals surface area contributed by atoms with E-state index in [0.29, 0.717) is 27.6 Å². The van der Waals surface area contributed by atoms with Gasteiger partial charge in [0.15, 0.2) is 11.0 Å². The van der Waals surface area contributed by atoms with Crippen LogP contribution in [0.3, 0.4) is 0 Å². The van der Waals surface area contributed by atoms with Crippen LogP contribution in [0.4, 0.5) is 5.69 Å². The molecule has 10 heteroatoms. The fourth-order valence-corrected chi connectivity index (χ4v) is 5.29. The van der Waals surface area contributed by atoms with Crippen molar-refractivity contribution < 1.29 is 9.59 Å². The Morgan fingerprint density at radius 2 is 1.75 bits per heavy atom. The number of fused-ring (bicyclic) bond motifs is 1. The summed E-state index contributed by atoms with van der Waals surface area (Å²) in [6, 6.07) is 22.3. The number of para-hydroxylation sites is 2. The zero-order valence-electron chi connectivity index (χ0n) is 19.0. The minimum absolute atomic E-state index is 0.0120. The minimum atomic E-state index is -0.373. The van der Waals surface area contributed by atoms with Gasteiger partial charge in [0, 0.05) is 22.9 Å². The molecule has 36 heavy (non-hydrogen) atoms. The maximum Gasteiger partial charge on any atom is 0.253 e. The van der Waals surface area contributed by atoms with Gasteiger partial charge in [0.25, 0.3) is 5.91 Å². The van der Waals surface area contributed by atoms with Crippen LogP contribution < -0.4 is 10.2 Å². The third-order valence-electron chi connectivity index (χ3n) is 5.81. The number of aromatic nitrogens is 3. The molecule has 1 aromatic heterocycles. The van der Waals surface area contributed by atoms with E-state index in [1.165, 1.54) is 23.4 Å². The van der Waals surface area contributed by atoms with E-state index < -0.39 is 0 Å². The Bertz CT molecular complexity index is 1430. The number of amides is 2. The summed E-state index contributed by atoms with van der Waals surface area (Å²) >= 11 is 13.5. The summed E-state index contributed by atoms with van der Waals surface area (Å²) in [5, 5.41) is 12.8. The van der Waals surface area contributed by atoms with E-state index in [1.807, 2.05) is 58.0 Å². The molecule has 0 saturated heterocycles. The van der Waals surface area contributed by atoms with E-state index in [9.17, 15) is 9.59 Å². The molecule has 1 N–H and O–H groups in total. The van der Waals surface area contributed by atoms with Crippen molar-refractivity contribution in [3.63, 3.8) is 0 Å². The molecule has 0 spiro atoms. The van der Waals surface area contributed by atoms with Crippen molar-refractivity contribution in [1.82, 2.24) is 20.1 Å². The number of carbonyl (C=O) groups excluding carboxylic acids is 2. The number of nitrogens with zero attached hydrogens (tertiary/aromatic N) is 4. The predicted molar refractivity (Wildman–Crippen MR) is 142 cm³/mol. The number of benzene rings is 3. The van der Waals surface area contributed by atoms with Crippen molar-refractivity contribution in [3.8, 4) is 5.69 Å². The van der Waals surface area contributed by atoms with E-state index in [4.69, 9.17) is 23.2 Å². The van der Waals surface area contributed by atoms with Crippen molar-refractivity contribution in [1.29, 1.82) is 0 Å².